The molecule has 5 nitrogen and oxygen atoms in total. The minimum absolute atomic E-state index is 0.116. The van der Waals surface area contributed by atoms with E-state index in [-0.39, 0.29) is 11.3 Å². The number of nitrogen functional groups attached to an aromatic ring is 1. The molecule has 0 aliphatic rings. The Labute approximate surface area is 124 Å². The molecule has 0 saturated carbocycles. The van der Waals surface area contributed by atoms with Gasteiger partial charge >= 0.3 is 0 Å². The molecule has 2 aromatic rings. The molecule has 0 heterocycles. The van der Waals surface area contributed by atoms with Crippen molar-refractivity contribution in [3.8, 4) is 11.5 Å². The predicted molar refractivity (Wildman–Crippen MR) is 81.2 cm³/mol. The summed E-state index contributed by atoms with van der Waals surface area (Å²) in [7, 11) is 1.49. The van der Waals surface area contributed by atoms with Gasteiger partial charge < -0.3 is 20.9 Å². The number of phenols is 1. The van der Waals surface area contributed by atoms with E-state index in [4.69, 9.17) is 10.5 Å². The number of carbonyl (C=O) groups excluding carboxylic acids is 1. The number of carbonyl (C=O) groups is 1. The fourth-order valence-electron chi connectivity index (χ4n) is 1.65. The number of aromatic hydroxyl groups is 1. The molecule has 0 fully saturated rings. The van der Waals surface area contributed by atoms with Gasteiger partial charge in [-0.25, -0.2) is 0 Å². The number of ether oxygens (including phenoxy) is 1. The highest BCUT2D eigenvalue weighted by atomic mass is 79.9. The zero-order valence-corrected chi connectivity index (χ0v) is 12.3. The van der Waals surface area contributed by atoms with Crippen LogP contribution < -0.4 is 15.8 Å². The highest BCUT2D eigenvalue weighted by Crippen LogP contribution is 2.27. The summed E-state index contributed by atoms with van der Waals surface area (Å²) < 4.78 is 5.69. The lowest BCUT2D eigenvalue weighted by Crippen LogP contribution is -2.12. The summed E-state index contributed by atoms with van der Waals surface area (Å²) in [6.07, 6.45) is 0. The summed E-state index contributed by atoms with van der Waals surface area (Å²) in [5.74, 6) is -0.0638. The van der Waals surface area contributed by atoms with Gasteiger partial charge in [-0.15, -0.1) is 0 Å². The number of benzene rings is 2. The van der Waals surface area contributed by atoms with E-state index in [0.717, 1.165) is 0 Å². The van der Waals surface area contributed by atoms with Crippen LogP contribution in [0.5, 0.6) is 11.5 Å². The quantitative estimate of drug-likeness (QED) is 0.752. The topological polar surface area (TPSA) is 84.6 Å². The molecule has 0 saturated heterocycles. The van der Waals surface area contributed by atoms with E-state index in [0.29, 0.717) is 21.6 Å². The number of halogens is 1. The summed E-state index contributed by atoms with van der Waals surface area (Å²) in [6, 6.07) is 9.48. The van der Waals surface area contributed by atoms with Crippen molar-refractivity contribution in [2.45, 2.75) is 0 Å². The van der Waals surface area contributed by atoms with Crippen molar-refractivity contribution in [3.63, 3.8) is 0 Å². The first-order valence-electron chi connectivity index (χ1n) is 5.74. The summed E-state index contributed by atoms with van der Waals surface area (Å²) in [5.41, 5.74) is 6.91. The highest BCUT2D eigenvalue weighted by molar-refractivity contribution is 9.10. The van der Waals surface area contributed by atoms with Gasteiger partial charge in [-0.2, -0.15) is 0 Å². The van der Waals surface area contributed by atoms with Crippen LogP contribution in [0, 0.1) is 0 Å². The molecule has 0 atom stereocenters. The summed E-state index contributed by atoms with van der Waals surface area (Å²) in [6.45, 7) is 0. The maximum Gasteiger partial charge on any atom is 0.259 e. The molecule has 0 radical (unpaired) electrons. The van der Waals surface area contributed by atoms with Gasteiger partial charge in [0.25, 0.3) is 5.91 Å². The monoisotopic (exact) mass is 336 g/mol. The van der Waals surface area contributed by atoms with E-state index in [1.807, 2.05) is 0 Å². The van der Waals surface area contributed by atoms with Crippen LogP contribution in [0.1, 0.15) is 10.4 Å². The van der Waals surface area contributed by atoms with E-state index in [2.05, 4.69) is 21.2 Å². The number of phenolic OH excluding ortho intramolecular Hbond substituents is 1. The third-order valence-electron chi connectivity index (χ3n) is 2.69. The third kappa shape index (κ3) is 3.03. The van der Waals surface area contributed by atoms with Crippen LogP contribution in [0.25, 0.3) is 0 Å². The van der Waals surface area contributed by atoms with Gasteiger partial charge in [0.15, 0.2) is 0 Å². The number of methoxy groups -OCH3 is 1. The molecule has 104 valence electrons. The average Bonchev–Trinajstić information content (AvgIpc) is 2.42. The molecule has 6 heteroatoms. The Hall–Kier alpha value is -2.21. The second-order valence-corrected chi connectivity index (χ2v) is 4.93. The highest BCUT2D eigenvalue weighted by Gasteiger charge is 2.14. The summed E-state index contributed by atoms with van der Waals surface area (Å²) in [4.78, 5) is 12.2. The first-order valence-corrected chi connectivity index (χ1v) is 6.54. The van der Waals surface area contributed by atoms with Gasteiger partial charge in [0.1, 0.15) is 11.5 Å². The van der Waals surface area contributed by atoms with Gasteiger partial charge in [-0.05, 0) is 52.3 Å². The standard InChI is InChI=1S/C14H13BrN2O3/c1-20-9-3-5-13(18)10(7-9)14(19)17-12-4-2-8(16)6-11(12)15/h2-7,18H,16H2,1H3,(H,17,19). The second-order valence-electron chi connectivity index (χ2n) is 4.08. The van der Waals surface area contributed by atoms with Gasteiger partial charge in [0.2, 0.25) is 0 Å². The molecule has 0 spiro atoms. The lowest BCUT2D eigenvalue weighted by atomic mass is 10.1. The molecular weight excluding hydrogens is 324 g/mol. The minimum Gasteiger partial charge on any atom is -0.507 e. The van der Waals surface area contributed by atoms with E-state index in [1.165, 1.54) is 19.2 Å². The second kappa shape index (κ2) is 5.83. The number of nitrogens with two attached hydrogens (primary N) is 1. The van der Waals surface area contributed by atoms with Crippen molar-refractivity contribution in [1.29, 1.82) is 0 Å². The zero-order valence-electron chi connectivity index (χ0n) is 10.7. The third-order valence-corrected chi connectivity index (χ3v) is 3.35. The van der Waals surface area contributed by atoms with Gasteiger partial charge in [-0.1, -0.05) is 0 Å². The smallest absolute Gasteiger partial charge is 0.259 e. The lowest BCUT2D eigenvalue weighted by Gasteiger charge is -2.10. The van der Waals surface area contributed by atoms with E-state index < -0.39 is 5.91 Å². The van der Waals surface area contributed by atoms with Crippen LogP contribution in [-0.4, -0.2) is 18.1 Å². The van der Waals surface area contributed by atoms with Crippen molar-refractivity contribution in [3.05, 3.63) is 46.4 Å². The number of hydrogen-bond donors (Lipinski definition) is 3. The number of anilines is 2. The molecular formula is C14H13BrN2O3. The molecule has 0 unspecified atom stereocenters. The largest absolute Gasteiger partial charge is 0.507 e. The fraction of sp³-hybridized carbons (Fsp3) is 0.0714. The maximum atomic E-state index is 12.2. The first kappa shape index (κ1) is 14.2. The van der Waals surface area contributed by atoms with E-state index in [9.17, 15) is 9.90 Å². The molecule has 0 bridgehead atoms. The Kier molecular flexibility index (Phi) is 4.14. The Balaban J connectivity index is 2.28. The van der Waals surface area contributed by atoms with E-state index in [1.54, 1.807) is 24.3 Å². The van der Waals surface area contributed by atoms with Crippen LogP contribution in [0.15, 0.2) is 40.9 Å². The molecule has 20 heavy (non-hydrogen) atoms. The van der Waals surface area contributed by atoms with Gasteiger partial charge in [0, 0.05) is 10.2 Å². The number of hydrogen-bond acceptors (Lipinski definition) is 4. The zero-order chi connectivity index (χ0) is 14.7. The Morgan fingerprint density at radius 2 is 2.05 bits per heavy atom. The van der Waals surface area contributed by atoms with Crippen LogP contribution in [0.2, 0.25) is 0 Å². The fourth-order valence-corrected chi connectivity index (χ4v) is 2.14. The predicted octanol–water partition coefficient (Wildman–Crippen LogP) is 3.00. The van der Waals surface area contributed by atoms with Crippen molar-refractivity contribution in [2.24, 2.45) is 0 Å². The molecule has 4 N–H and O–H groups in total. The Morgan fingerprint density at radius 1 is 1.30 bits per heavy atom. The van der Waals surface area contributed by atoms with Crippen molar-refractivity contribution >= 4 is 33.2 Å². The molecule has 1 amide bonds. The summed E-state index contributed by atoms with van der Waals surface area (Å²) in [5, 5.41) is 12.4. The Morgan fingerprint density at radius 3 is 2.70 bits per heavy atom. The summed E-state index contributed by atoms with van der Waals surface area (Å²) >= 11 is 3.31. The number of amides is 1. The van der Waals surface area contributed by atoms with Crippen LogP contribution in [0.3, 0.4) is 0 Å². The molecule has 0 aromatic heterocycles. The minimum atomic E-state index is -0.438. The maximum absolute atomic E-state index is 12.2. The molecule has 2 aromatic carbocycles. The van der Waals surface area contributed by atoms with E-state index >= 15 is 0 Å². The van der Waals surface area contributed by atoms with Gasteiger partial charge in [-0.3, -0.25) is 4.79 Å². The number of rotatable bonds is 3. The SMILES string of the molecule is COc1ccc(O)c(C(=O)Nc2ccc(N)cc2Br)c1. The van der Waals surface area contributed by atoms with Crippen LogP contribution in [-0.2, 0) is 0 Å². The first-order chi connectivity index (χ1) is 9.51. The molecule has 0 aliphatic carbocycles. The van der Waals surface area contributed by atoms with Crippen LogP contribution in [0.4, 0.5) is 11.4 Å². The Bertz CT molecular complexity index is 659. The van der Waals surface area contributed by atoms with Crippen LogP contribution >= 0.6 is 15.9 Å². The molecule has 0 aliphatic heterocycles. The average molecular weight is 337 g/mol. The van der Waals surface area contributed by atoms with Crippen molar-refractivity contribution < 1.29 is 14.6 Å². The van der Waals surface area contributed by atoms with Crippen molar-refractivity contribution in [2.75, 3.05) is 18.2 Å². The lowest BCUT2D eigenvalue weighted by molar-refractivity contribution is 0.102. The van der Waals surface area contributed by atoms with Gasteiger partial charge in [0.05, 0.1) is 18.4 Å². The normalized spacial score (nSPS) is 10.1. The molecule has 2 rings (SSSR count). The number of nitrogens with one attached hydrogen (secondary N) is 1. The van der Waals surface area contributed by atoms with Crippen molar-refractivity contribution in [1.82, 2.24) is 0 Å².